The van der Waals surface area contributed by atoms with E-state index in [0.29, 0.717) is 18.2 Å². The van der Waals surface area contributed by atoms with Gasteiger partial charge in [0, 0.05) is 6.07 Å². The third-order valence-electron chi connectivity index (χ3n) is 2.52. The SMILES string of the molecule is CCOc1ccccc1NCC(=O)Nc1cc(C)on1. The molecule has 6 nitrogen and oxygen atoms in total. The van der Waals surface area contributed by atoms with Crippen LogP contribution in [0, 0.1) is 6.92 Å². The maximum Gasteiger partial charge on any atom is 0.244 e. The summed E-state index contributed by atoms with van der Waals surface area (Å²) in [6, 6.07) is 9.13. The Bertz CT molecular complexity index is 581. The molecule has 0 radical (unpaired) electrons. The molecule has 2 aromatic rings. The molecule has 106 valence electrons. The van der Waals surface area contributed by atoms with E-state index in [1.54, 1.807) is 13.0 Å². The number of carbonyl (C=O) groups is 1. The molecule has 20 heavy (non-hydrogen) atoms. The largest absolute Gasteiger partial charge is 0.492 e. The van der Waals surface area contributed by atoms with Gasteiger partial charge in [0.25, 0.3) is 0 Å². The third-order valence-corrected chi connectivity index (χ3v) is 2.52. The number of nitrogens with one attached hydrogen (secondary N) is 2. The first kappa shape index (κ1) is 13.9. The summed E-state index contributed by atoms with van der Waals surface area (Å²) >= 11 is 0. The number of aromatic nitrogens is 1. The van der Waals surface area contributed by atoms with Gasteiger partial charge in [-0.25, -0.2) is 0 Å². The van der Waals surface area contributed by atoms with Crippen molar-refractivity contribution in [2.24, 2.45) is 0 Å². The summed E-state index contributed by atoms with van der Waals surface area (Å²) in [5.41, 5.74) is 0.779. The first-order valence-electron chi connectivity index (χ1n) is 6.38. The van der Waals surface area contributed by atoms with Crippen LogP contribution in [-0.4, -0.2) is 24.2 Å². The fraction of sp³-hybridized carbons (Fsp3) is 0.286. The van der Waals surface area contributed by atoms with Gasteiger partial charge in [0.05, 0.1) is 18.8 Å². The molecule has 1 amide bonds. The molecular weight excluding hydrogens is 258 g/mol. The molecule has 2 rings (SSSR count). The molecule has 6 heteroatoms. The molecule has 0 aliphatic heterocycles. The number of benzene rings is 1. The van der Waals surface area contributed by atoms with Gasteiger partial charge in [-0.1, -0.05) is 17.3 Å². The smallest absolute Gasteiger partial charge is 0.244 e. The van der Waals surface area contributed by atoms with E-state index in [2.05, 4.69) is 15.8 Å². The summed E-state index contributed by atoms with van der Waals surface area (Å²) in [6.07, 6.45) is 0. The molecule has 0 atom stereocenters. The number of carbonyl (C=O) groups excluding carboxylic acids is 1. The Labute approximate surface area is 117 Å². The lowest BCUT2D eigenvalue weighted by Crippen LogP contribution is -2.22. The van der Waals surface area contributed by atoms with Gasteiger partial charge in [0.2, 0.25) is 5.91 Å². The predicted molar refractivity (Wildman–Crippen MR) is 76.0 cm³/mol. The Morgan fingerprint density at radius 2 is 2.20 bits per heavy atom. The number of rotatable bonds is 6. The van der Waals surface area contributed by atoms with Crippen LogP contribution in [0.15, 0.2) is 34.9 Å². The van der Waals surface area contributed by atoms with Gasteiger partial charge in [-0.15, -0.1) is 0 Å². The number of para-hydroxylation sites is 2. The van der Waals surface area contributed by atoms with Crippen molar-refractivity contribution < 1.29 is 14.1 Å². The fourth-order valence-corrected chi connectivity index (χ4v) is 1.68. The number of aryl methyl sites for hydroxylation is 1. The zero-order valence-electron chi connectivity index (χ0n) is 11.5. The average Bonchev–Trinajstić information content (AvgIpc) is 2.83. The van der Waals surface area contributed by atoms with Crippen LogP contribution in [0.1, 0.15) is 12.7 Å². The monoisotopic (exact) mass is 275 g/mol. The normalized spacial score (nSPS) is 10.1. The van der Waals surface area contributed by atoms with E-state index in [4.69, 9.17) is 9.26 Å². The summed E-state index contributed by atoms with van der Waals surface area (Å²) in [6.45, 7) is 4.37. The number of amides is 1. The maximum atomic E-state index is 11.8. The van der Waals surface area contributed by atoms with E-state index >= 15 is 0 Å². The van der Waals surface area contributed by atoms with E-state index in [1.807, 2.05) is 31.2 Å². The van der Waals surface area contributed by atoms with E-state index in [9.17, 15) is 4.79 Å². The lowest BCUT2D eigenvalue weighted by atomic mass is 10.3. The minimum absolute atomic E-state index is 0.121. The van der Waals surface area contributed by atoms with Crippen LogP contribution in [0.2, 0.25) is 0 Å². The lowest BCUT2D eigenvalue weighted by Gasteiger charge is -2.11. The van der Waals surface area contributed by atoms with Crippen LogP contribution in [-0.2, 0) is 4.79 Å². The molecule has 1 heterocycles. The summed E-state index contributed by atoms with van der Waals surface area (Å²) < 4.78 is 10.3. The number of hydrogen-bond donors (Lipinski definition) is 2. The second kappa shape index (κ2) is 6.60. The zero-order valence-corrected chi connectivity index (χ0v) is 11.5. The molecule has 0 unspecified atom stereocenters. The van der Waals surface area contributed by atoms with Crippen molar-refractivity contribution in [3.8, 4) is 5.75 Å². The number of nitrogens with zero attached hydrogens (tertiary/aromatic N) is 1. The minimum atomic E-state index is -0.204. The van der Waals surface area contributed by atoms with Crippen LogP contribution in [0.25, 0.3) is 0 Å². The molecule has 0 aliphatic carbocycles. The Morgan fingerprint density at radius 3 is 2.90 bits per heavy atom. The molecular formula is C14H17N3O3. The molecule has 0 bridgehead atoms. The highest BCUT2D eigenvalue weighted by atomic mass is 16.5. The van der Waals surface area contributed by atoms with E-state index in [0.717, 1.165) is 11.4 Å². The van der Waals surface area contributed by atoms with E-state index in [-0.39, 0.29) is 12.5 Å². The lowest BCUT2D eigenvalue weighted by molar-refractivity contribution is -0.114. The maximum absolute atomic E-state index is 11.8. The first-order chi connectivity index (χ1) is 9.69. The highest BCUT2D eigenvalue weighted by molar-refractivity contribution is 5.93. The van der Waals surface area contributed by atoms with Crippen molar-refractivity contribution in [2.75, 3.05) is 23.8 Å². The molecule has 0 saturated carbocycles. The third kappa shape index (κ3) is 3.74. The van der Waals surface area contributed by atoms with Crippen LogP contribution < -0.4 is 15.4 Å². The minimum Gasteiger partial charge on any atom is -0.492 e. The first-order valence-corrected chi connectivity index (χ1v) is 6.38. The summed E-state index contributed by atoms with van der Waals surface area (Å²) in [5.74, 6) is 1.58. The van der Waals surface area contributed by atoms with Crippen molar-refractivity contribution in [1.29, 1.82) is 0 Å². The van der Waals surface area contributed by atoms with Gasteiger partial charge in [0.1, 0.15) is 11.5 Å². The van der Waals surface area contributed by atoms with E-state index < -0.39 is 0 Å². The topological polar surface area (TPSA) is 76.4 Å². The van der Waals surface area contributed by atoms with Crippen LogP contribution in [0.4, 0.5) is 11.5 Å². The van der Waals surface area contributed by atoms with Gasteiger partial charge in [-0.2, -0.15) is 0 Å². The predicted octanol–water partition coefficient (Wildman–Crippen LogP) is 2.43. The quantitative estimate of drug-likeness (QED) is 0.846. The summed E-state index contributed by atoms with van der Waals surface area (Å²) in [4.78, 5) is 11.8. The van der Waals surface area contributed by atoms with Crippen molar-refractivity contribution in [3.05, 3.63) is 36.1 Å². The molecule has 0 spiro atoms. The van der Waals surface area contributed by atoms with Crippen LogP contribution in [0.5, 0.6) is 5.75 Å². The number of hydrogen-bond acceptors (Lipinski definition) is 5. The second-order valence-corrected chi connectivity index (χ2v) is 4.15. The van der Waals surface area contributed by atoms with Crippen LogP contribution in [0.3, 0.4) is 0 Å². The Hall–Kier alpha value is -2.50. The van der Waals surface area contributed by atoms with Crippen molar-refractivity contribution in [2.45, 2.75) is 13.8 Å². The molecule has 2 N–H and O–H groups in total. The Balaban J connectivity index is 1.90. The zero-order chi connectivity index (χ0) is 14.4. The van der Waals surface area contributed by atoms with Crippen molar-refractivity contribution in [1.82, 2.24) is 5.16 Å². The highest BCUT2D eigenvalue weighted by Gasteiger charge is 2.07. The van der Waals surface area contributed by atoms with Gasteiger partial charge in [0.15, 0.2) is 5.82 Å². The molecule has 1 aromatic heterocycles. The standard InChI is InChI=1S/C14H17N3O3/c1-3-19-12-7-5-4-6-11(12)15-9-14(18)16-13-8-10(2)20-17-13/h4-8,15H,3,9H2,1-2H3,(H,16,17,18). The van der Waals surface area contributed by atoms with Gasteiger partial charge in [-0.05, 0) is 26.0 Å². The Morgan fingerprint density at radius 1 is 1.40 bits per heavy atom. The van der Waals surface area contributed by atoms with Gasteiger partial charge < -0.3 is 19.9 Å². The molecule has 1 aromatic carbocycles. The van der Waals surface area contributed by atoms with Crippen LogP contribution >= 0.6 is 0 Å². The second-order valence-electron chi connectivity index (χ2n) is 4.15. The van der Waals surface area contributed by atoms with E-state index in [1.165, 1.54) is 0 Å². The Kier molecular flexibility index (Phi) is 4.60. The fourth-order valence-electron chi connectivity index (χ4n) is 1.68. The number of anilines is 2. The van der Waals surface area contributed by atoms with Crippen molar-refractivity contribution in [3.63, 3.8) is 0 Å². The van der Waals surface area contributed by atoms with Gasteiger partial charge >= 0.3 is 0 Å². The van der Waals surface area contributed by atoms with Crippen molar-refractivity contribution >= 4 is 17.4 Å². The average molecular weight is 275 g/mol. The summed E-state index contributed by atoms with van der Waals surface area (Å²) in [5, 5.41) is 9.37. The number of ether oxygens (including phenoxy) is 1. The molecule has 0 aliphatic rings. The highest BCUT2D eigenvalue weighted by Crippen LogP contribution is 2.23. The molecule has 0 fully saturated rings. The molecule has 0 saturated heterocycles. The van der Waals surface area contributed by atoms with Gasteiger partial charge in [-0.3, -0.25) is 4.79 Å². The summed E-state index contributed by atoms with van der Waals surface area (Å²) in [7, 11) is 0.